The molecule has 0 aromatic heterocycles. The normalized spacial score (nSPS) is 14.8. The topological polar surface area (TPSA) is 75.7 Å². The van der Waals surface area contributed by atoms with Crippen LogP contribution in [0.3, 0.4) is 0 Å². The van der Waals surface area contributed by atoms with E-state index in [-0.39, 0.29) is 17.5 Å². The van der Waals surface area contributed by atoms with Crippen molar-refractivity contribution in [3.8, 4) is 5.75 Å². The largest absolute Gasteiger partial charge is 0.490 e. The lowest BCUT2D eigenvalue weighted by molar-refractivity contribution is -0.116. The predicted octanol–water partition coefficient (Wildman–Crippen LogP) is 4.42. The Morgan fingerprint density at radius 1 is 1.00 bits per heavy atom. The van der Waals surface area contributed by atoms with Crippen LogP contribution in [-0.2, 0) is 14.8 Å². The smallest absolute Gasteiger partial charge is 0.243 e. The van der Waals surface area contributed by atoms with Crippen LogP contribution in [0.15, 0.2) is 71.6 Å². The maximum Gasteiger partial charge on any atom is 0.243 e. The number of carbonyl (C=O) groups excluding carboxylic acids is 1. The third kappa shape index (κ3) is 5.06. The van der Waals surface area contributed by atoms with Crippen molar-refractivity contribution < 1.29 is 17.9 Å². The number of hydrogen-bond donors (Lipinski definition) is 1. The Morgan fingerprint density at radius 3 is 2.39 bits per heavy atom. The molecule has 7 heteroatoms. The van der Waals surface area contributed by atoms with Gasteiger partial charge in [-0.05, 0) is 72.9 Å². The van der Waals surface area contributed by atoms with Crippen LogP contribution in [0.5, 0.6) is 5.75 Å². The summed E-state index contributed by atoms with van der Waals surface area (Å²) in [6.07, 6.45) is 4.84. The quantitative estimate of drug-likeness (QED) is 0.592. The summed E-state index contributed by atoms with van der Waals surface area (Å²) in [5, 5.41) is 4.54. The monoisotopic (exact) mass is 438 g/mol. The summed E-state index contributed by atoms with van der Waals surface area (Å²) in [6, 6.07) is 19.7. The number of hydrogen-bond acceptors (Lipinski definition) is 4. The molecule has 4 rings (SSSR count). The molecule has 0 saturated heterocycles. The van der Waals surface area contributed by atoms with Crippen molar-refractivity contribution in [3.63, 3.8) is 0 Å². The Bertz CT molecular complexity index is 1170. The van der Waals surface area contributed by atoms with Crippen molar-refractivity contribution in [3.05, 3.63) is 66.7 Å². The van der Waals surface area contributed by atoms with Gasteiger partial charge in [0.2, 0.25) is 15.9 Å². The number of likely N-dealkylation sites (N-methyl/N-ethyl adjacent to an activating group) is 1. The summed E-state index contributed by atoms with van der Waals surface area (Å²) in [5.74, 6) is 0.372. The zero-order valence-electron chi connectivity index (χ0n) is 17.5. The minimum absolute atomic E-state index is 0.162. The summed E-state index contributed by atoms with van der Waals surface area (Å²) in [6.45, 7) is -0.282. The minimum Gasteiger partial charge on any atom is -0.490 e. The SMILES string of the molecule is CN(CC(=O)Nc1ccc(OC2CCCC2)cc1)S(=O)(=O)c1ccc2ccccc2c1. The molecule has 3 aromatic carbocycles. The first-order chi connectivity index (χ1) is 14.9. The third-order valence-corrected chi connectivity index (χ3v) is 7.34. The van der Waals surface area contributed by atoms with E-state index < -0.39 is 15.9 Å². The van der Waals surface area contributed by atoms with Crippen LogP contribution in [0.2, 0.25) is 0 Å². The molecule has 1 amide bonds. The van der Waals surface area contributed by atoms with Gasteiger partial charge >= 0.3 is 0 Å². The van der Waals surface area contributed by atoms with Gasteiger partial charge in [-0.1, -0.05) is 30.3 Å². The van der Waals surface area contributed by atoms with Gasteiger partial charge in [0.15, 0.2) is 0 Å². The minimum atomic E-state index is -3.79. The Hall–Kier alpha value is -2.90. The Labute approximate surface area is 182 Å². The Morgan fingerprint density at radius 2 is 1.68 bits per heavy atom. The molecule has 0 spiro atoms. The molecule has 0 atom stereocenters. The van der Waals surface area contributed by atoms with Gasteiger partial charge in [-0.15, -0.1) is 0 Å². The first-order valence-electron chi connectivity index (χ1n) is 10.4. The first kappa shape index (κ1) is 21.3. The molecule has 162 valence electrons. The van der Waals surface area contributed by atoms with Crippen molar-refractivity contribution in [2.24, 2.45) is 0 Å². The molecule has 1 aliphatic rings. The van der Waals surface area contributed by atoms with Crippen molar-refractivity contribution in [1.82, 2.24) is 4.31 Å². The molecule has 0 bridgehead atoms. The van der Waals surface area contributed by atoms with E-state index in [0.29, 0.717) is 5.69 Å². The van der Waals surface area contributed by atoms with Gasteiger partial charge in [-0.25, -0.2) is 8.42 Å². The zero-order chi connectivity index (χ0) is 21.8. The summed E-state index contributed by atoms with van der Waals surface area (Å²) < 4.78 is 32.8. The first-order valence-corrected chi connectivity index (χ1v) is 11.9. The number of carbonyl (C=O) groups is 1. The van der Waals surface area contributed by atoms with Gasteiger partial charge in [0.25, 0.3) is 0 Å². The summed E-state index contributed by atoms with van der Waals surface area (Å²) in [4.78, 5) is 12.6. The lowest BCUT2D eigenvalue weighted by Crippen LogP contribution is -2.34. The van der Waals surface area contributed by atoms with E-state index in [0.717, 1.165) is 33.7 Å². The van der Waals surface area contributed by atoms with Crippen LogP contribution >= 0.6 is 0 Å². The number of ether oxygens (including phenoxy) is 1. The molecule has 1 aliphatic carbocycles. The highest BCUT2D eigenvalue weighted by Crippen LogP contribution is 2.25. The van der Waals surface area contributed by atoms with Crippen LogP contribution < -0.4 is 10.1 Å². The number of anilines is 1. The van der Waals surface area contributed by atoms with Gasteiger partial charge in [0.05, 0.1) is 17.5 Å². The van der Waals surface area contributed by atoms with E-state index >= 15 is 0 Å². The standard InChI is InChI=1S/C24H26N2O4S/c1-26(31(28,29)23-15-10-18-6-2-3-7-19(18)16-23)17-24(27)25-20-11-13-22(14-12-20)30-21-8-4-5-9-21/h2-3,6-7,10-16,21H,4-5,8-9,17H2,1H3,(H,25,27). The van der Waals surface area contributed by atoms with Gasteiger partial charge < -0.3 is 10.1 Å². The van der Waals surface area contributed by atoms with Crippen LogP contribution in [-0.4, -0.2) is 38.3 Å². The van der Waals surface area contributed by atoms with Crippen LogP contribution in [0, 0.1) is 0 Å². The lowest BCUT2D eigenvalue weighted by Gasteiger charge is -2.17. The maximum absolute atomic E-state index is 12.9. The van der Waals surface area contributed by atoms with Crippen LogP contribution in [0.25, 0.3) is 10.8 Å². The van der Waals surface area contributed by atoms with Gasteiger partial charge in [0, 0.05) is 12.7 Å². The fourth-order valence-electron chi connectivity index (χ4n) is 3.81. The predicted molar refractivity (Wildman–Crippen MR) is 122 cm³/mol. The van der Waals surface area contributed by atoms with Crippen LogP contribution in [0.1, 0.15) is 25.7 Å². The van der Waals surface area contributed by atoms with Crippen molar-refractivity contribution in [2.45, 2.75) is 36.7 Å². The average Bonchev–Trinajstić information content (AvgIpc) is 3.27. The second-order valence-electron chi connectivity index (χ2n) is 7.87. The van der Waals surface area contributed by atoms with E-state index in [1.807, 2.05) is 36.4 Å². The van der Waals surface area contributed by atoms with E-state index in [4.69, 9.17) is 4.74 Å². The molecular formula is C24H26N2O4S. The number of rotatable bonds is 7. The van der Waals surface area contributed by atoms with Gasteiger partial charge in [0.1, 0.15) is 5.75 Å². The average molecular weight is 439 g/mol. The molecule has 31 heavy (non-hydrogen) atoms. The number of nitrogens with one attached hydrogen (secondary N) is 1. The Balaban J connectivity index is 1.37. The number of fused-ring (bicyclic) bond motifs is 1. The van der Waals surface area contributed by atoms with E-state index in [9.17, 15) is 13.2 Å². The molecule has 1 saturated carbocycles. The molecule has 0 radical (unpaired) electrons. The fraction of sp³-hybridized carbons (Fsp3) is 0.292. The highest BCUT2D eigenvalue weighted by molar-refractivity contribution is 7.89. The number of sulfonamides is 1. The number of nitrogens with zero attached hydrogens (tertiary/aromatic N) is 1. The highest BCUT2D eigenvalue weighted by Gasteiger charge is 2.23. The number of benzene rings is 3. The molecule has 0 aliphatic heterocycles. The van der Waals surface area contributed by atoms with E-state index in [2.05, 4.69) is 5.32 Å². The van der Waals surface area contributed by atoms with Crippen molar-refractivity contribution in [1.29, 1.82) is 0 Å². The van der Waals surface area contributed by atoms with Gasteiger partial charge in [-0.2, -0.15) is 4.31 Å². The summed E-state index contributed by atoms with van der Waals surface area (Å²) >= 11 is 0. The molecule has 1 fully saturated rings. The fourth-order valence-corrected chi connectivity index (χ4v) is 4.97. The highest BCUT2D eigenvalue weighted by atomic mass is 32.2. The molecule has 0 unspecified atom stereocenters. The zero-order valence-corrected chi connectivity index (χ0v) is 18.3. The lowest BCUT2D eigenvalue weighted by atomic mass is 10.1. The summed E-state index contributed by atoms with van der Waals surface area (Å²) in [7, 11) is -2.38. The van der Waals surface area contributed by atoms with E-state index in [1.165, 1.54) is 19.9 Å². The van der Waals surface area contributed by atoms with E-state index in [1.54, 1.807) is 30.3 Å². The molecule has 3 aromatic rings. The Kier molecular flexibility index (Phi) is 6.25. The van der Waals surface area contributed by atoms with Crippen LogP contribution in [0.4, 0.5) is 5.69 Å². The second-order valence-corrected chi connectivity index (χ2v) is 9.91. The van der Waals surface area contributed by atoms with Gasteiger partial charge in [-0.3, -0.25) is 4.79 Å². The van der Waals surface area contributed by atoms with Crippen molar-refractivity contribution in [2.75, 3.05) is 18.9 Å². The maximum atomic E-state index is 12.9. The number of amides is 1. The molecule has 6 nitrogen and oxygen atoms in total. The molecule has 0 heterocycles. The molecule has 1 N–H and O–H groups in total. The third-order valence-electron chi connectivity index (χ3n) is 5.54. The van der Waals surface area contributed by atoms with Crippen molar-refractivity contribution >= 4 is 32.4 Å². The summed E-state index contributed by atoms with van der Waals surface area (Å²) in [5.41, 5.74) is 0.597. The second kappa shape index (κ2) is 9.08. The molecular weight excluding hydrogens is 412 g/mol.